The number of alkyl halides is 3. The molecule has 1 nitrogen and oxygen atoms in total. The van der Waals surface area contributed by atoms with Gasteiger partial charge in [-0.15, -0.1) is 11.3 Å². The molecular formula is C13H10BrF4NS. The van der Waals surface area contributed by atoms with Crippen LogP contribution in [0.2, 0.25) is 0 Å². The fourth-order valence-corrected chi connectivity index (χ4v) is 3.45. The van der Waals surface area contributed by atoms with Gasteiger partial charge < -0.3 is 5.32 Å². The van der Waals surface area contributed by atoms with E-state index >= 15 is 0 Å². The van der Waals surface area contributed by atoms with Crippen molar-refractivity contribution < 1.29 is 17.6 Å². The van der Waals surface area contributed by atoms with E-state index in [1.165, 1.54) is 11.3 Å². The van der Waals surface area contributed by atoms with Crippen LogP contribution in [0.4, 0.5) is 23.2 Å². The standard InChI is InChI=1S/C13H10BrF4NS/c1-7(12-9(14)4-5-20-12)19-11-6-8(13(16,17)18)2-3-10(11)15/h2-7,19H,1H3. The molecule has 1 aromatic heterocycles. The van der Waals surface area contributed by atoms with Crippen LogP contribution in [0.1, 0.15) is 23.4 Å². The van der Waals surface area contributed by atoms with E-state index in [9.17, 15) is 17.6 Å². The maximum atomic E-state index is 13.6. The first-order valence-electron chi connectivity index (χ1n) is 5.65. The summed E-state index contributed by atoms with van der Waals surface area (Å²) in [5.41, 5.74) is -1.04. The van der Waals surface area contributed by atoms with E-state index in [1.807, 2.05) is 11.4 Å². The molecular weight excluding hydrogens is 358 g/mol. The average Bonchev–Trinajstić information content (AvgIpc) is 2.77. The third-order valence-electron chi connectivity index (χ3n) is 2.70. The van der Waals surface area contributed by atoms with Gasteiger partial charge in [0.2, 0.25) is 0 Å². The minimum Gasteiger partial charge on any atom is -0.375 e. The van der Waals surface area contributed by atoms with Gasteiger partial charge >= 0.3 is 6.18 Å². The summed E-state index contributed by atoms with van der Waals surface area (Å²) in [6.45, 7) is 1.76. The Morgan fingerprint density at radius 1 is 1.25 bits per heavy atom. The zero-order chi connectivity index (χ0) is 14.9. The summed E-state index contributed by atoms with van der Waals surface area (Å²) in [7, 11) is 0. The Bertz CT molecular complexity index is 609. The highest BCUT2D eigenvalue weighted by Gasteiger charge is 2.31. The van der Waals surface area contributed by atoms with Crippen molar-refractivity contribution in [2.45, 2.75) is 19.1 Å². The number of hydrogen-bond donors (Lipinski definition) is 1. The van der Waals surface area contributed by atoms with Crippen LogP contribution < -0.4 is 5.32 Å². The smallest absolute Gasteiger partial charge is 0.375 e. The number of rotatable bonds is 3. The molecule has 20 heavy (non-hydrogen) atoms. The zero-order valence-electron chi connectivity index (χ0n) is 10.3. The lowest BCUT2D eigenvalue weighted by Crippen LogP contribution is -2.10. The first-order chi connectivity index (χ1) is 9.29. The van der Waals surface area contributed by atoms with Gasteiger partial charge in [0.1, 0.15) is 5.82 Å². The summed E-state index contributed by atoms with van der Waals surface area (Å²) in [6, 6.07) is 3.86. The van der Waals surface area contributed by atoms with Crippen LogP contribution in [-0.4, -0.2) is 0 Å². The highest BCUT2D eigenvalue weighted by molar-refractivity contribution is 9.10. The van der Waals surface area contributed by atoms with Crippen molar-refractivity contribution in [1.82, 2.24) is 0 Å². The van der Waals surface area contributed by atoms with Crippen molar-refractivity contribution in [2.24, 2.45) is 0 Å². The Kier molecular flexibility index (Phi) is 4.39. The highest BCUT2D eigenvalue weighted by Crippen LogP contribution is 2.35. The van der Waals surface area contributed by atoms with Gasteiger partial charge in [-0.2, -0.15) is 13.2 Å². The van der Waals surface area contributed by atoms with Gasteiger partial charge in [0.15, 0.2) is 0 Å². The quantitative estimate of drug-likeness (QED) is 0.671. The van der Waals surface area contributed by atoms with Gasteiger partial charge in [0, 0.05) is 9.35 Å². The fraction of sp³-hybridized carbons (Fsp3) is 0.231. The Morgan fingerprint density at radius 2 is 1.95 bits per heavy atom. The first kappa shape index (κ1) is 15.3. The molecule has 0 aliphatic rings. The summed E-state index contributed by atoms with van der Waals surface area (Å²) in [5.74, 6) is -0.711. The molecule has 1 aromatic carbocycles. The van der Waals surface area contributed by atoms with E-state index in [-0.39, 0.29) is 11.7 Å². The number of benzene rings is 1. The van der Waals surface area contributed by atoms with E-state index in [0.717, 1.165) is 27.5 Å². The molecule has 0 radical (unpaired) electrons. The molecule has 7 heteroatoms. The molecule has 1 unspecified atom stereocenters. The molecule has 108 valence electrons. The molecule has 0 fully saturated rings. The van der Waals surface area contributed by atoms with Gasteiger partial charge in [0.25, 0.3) is 0 Å². The molecule has 0 spiro atoms. The van der Waals surface area contributed by atoms with Gasteiger partial charge in [-0.3, -0.25) is 0 Å². The second-order valence-electron chi connectivity index (χ2n) is 4.19. The predicted molar refractivity (Wildman–Crippen MR) is 75.5 cm³/mol. The van der Waals surface area contributed by atoms with Crippen LogP contribution in [0.5, 0.6) is 0 Å². The van der Waals surface area contributed by atoms with Crippen molar-refractivity contribution in [3.8, 4) is 0 Å². The molecule has 0 saturated carbocycles. The normalized spacial score (nSPS) is 13.3. The van der Waals surface area contributed by atoms with Crippen molar-refractivity contribution in [2.75, 3.05) is 5.32 Å². The van der Waals surface area contributed by atoms with Crippen LogP contribution in [0.25, 0.3) is 0 Å². The van der Waals surface area contributed by atoms with E-state index in [2.05, 4.69) is 21.2 Å². The maximum Gasteiger partial charge on any atom is 0.416 e. The minimum absolute atomic E-state index is 0.160. The molecule has 1 N–H and O–H groups in total. The lowest BCUT2D eigenvalue weighted by Gasteiger charge is -2.17. The monoisotopic (exact) mass is 367 g/mol. The van der Waals surface area contributed by atoms with Crippen molar-refractivity contribution in [1.29, 1.82) is 0 Å². The van der Waals surface area contributed by atoms with Gasteiger partial charge in [0.05, 0.1) is 17.3 Å². The van der Waals surface area contributed by atoms with Crippen LogP contribution in [0, 0.1) is 5.82 Å². The summed E-state index contributed by atoms with van der Waals surface area (Å²) in [5, 5.41) is 4.62. The number of hydrogen-bond acceptors (Lipinski definition) is 2. The zero-order valence-corrected chi connectivity index (χ0v) is 12.7. The Balaban J connectivity index is 2.27. The molecule has 0 aliphatic carbocycles. The number of halogens is 5. The highest BCUT2D eigenvalue weighted by atomic mass is 79.9. The van der Waals surface area contributed by atoms with E-state index in [4.69, 9.17) is 0 Å². The molecule has 0 saturated heterocycles. The predicted octanol–water partition coefficient (Wildman–Crippen LogP) is 5.84. The first-order valence-corrected chi connectivity index (χ1v) is 7.32. The van der Waals surface area contributed by atoms with Crippen molar-refractivity contribution in [3.63, 3.8) is 0 Å². The van der Waals surface area contributed by atoms with E-state index < -0.39 is 17.6 Å². The van der Waals surface area contributed by atoms with Crippen LogP contribution >= 0.6 is 27.3 Å². The minimum atomic E-state index is -4.49. The molecule has 0 aliphatic heterocycles. The largest absolute Gasteiger partial charge is 0.416 e. The van der Waals surface area contributed by atoms with Crippen molar-refractivity contribution >= 4 is 33.0 Å². The lowest BCUT2D eigenvalue weighted by molar-refractivity contribution is -0.137. The molecule has 1 atom stereocenters. The van der Waals surface area contributed by atoms with E-state index in [1.54, 1.807) is 6.92 Å². The van der Waals surface area contributed by atoms with Crippen LogP contribution in [-0.2, 0) is 6.18 Å². The Hall–Kier alpha value is -1.08. The second kappa shape index (κ2) is 5.73. The molecule has 2 rings (SSSR count). The topological polar surface area (TPSA) is 12.0 Å². The second-order valence-corrected chi connectivity index (χ2v) is 5.99. The van der Waals surface area contributed by atoms with Crippen LogP contribution in [0.3, 0.4) is 0 Å². The van der Waals surface area contributed by atoms with Gasteiger partial charge in [-0.05, 0) is 52.5 Å². The molecule has 1 heterocycles. The summed E-state index contributed by atoms with van der Waals surface area (Å²) in [4.78, 5) is 0.891. The maximum absolute atomic E-state index is 13.6. The number of nitrogens with one attached hydrogen (secondary N) is 1. The van der Waals surface area contributed by atoms with Crippen LogP contribution in [0.15, 0.2) is 34.1 Å². The van der Waals surface area contributed by atoms with E-state index in [0.29, 0.717) is 0 Å². The summed E-state index contributed by atoms with van der Waals surface area (Å²) < 4.78 is 52.3. The third-order valence-corrected chi connectivity index (χ3v) is 4.76. The lowest BCUT2D eigenvalue weighted by atomic mass is 10.1. The SMILES string of the molecule is CC(Nc1cc(C(F)(F)F)ccc1F)c1sccc1Br. The molecule has 0 bridgehead atoms. The summed E-state index contributed by atoms with van der Waals surface area (Å²) >= 11 is 4.78. The molecule has 2 aromatic rings. The third kappa shape index (κ3) is 3.32. The Labute approximate surface area is 125 Å². The van der Waals surface area contributed by atoms with Gasteiger partial charge in [-0.1, -0.05) is 0 Å². The Morgan fingerprint density at radius 3 is 2.50 bits per heavy atom. The number of anilines is 1. The fourth-order valence-electron chi connectivity index (χ4n) is 1.73. The summed E-state index contributed by atoms with van der Waals surface area (Å²) in [6.07, 6.45) is -4.49. The van der Waals surface area contributed by atoms with Crippen molar-refractivity contribution in [3.05, 3.63) is 50.4 Å². The average molecular weight is 368 g/mol. The number of thiophene rings is 1. The van der Waals surface area contributed by atoms with Gasteiger partial charge in [-0.25, -0.2) is 4.39 Å². The molecule has 0 amide bonds.